The summed E-state index contributed by atoms with van der Waals surface area (Å²) in [5.74, 6) is 0.892. The van der Waals surface area contributed by atoms with E-state index < -0.39 is 15.1 Å². The molecule has 84 valence electrons. The van der Waals surface area contributed by atoms with Crippen molar-refractivity contribution in [3.63, 3.8) is 0 Å². The molecular weight excluding hydrogens is 214 g/mol. The van der Waals surface area contributed by atoms with Gasteiger partial charge in [0, 0.05) is 6.04 Å². The summed E-state index contributed by atoms with van der Waals surface area (Å²) in [6.07, 6.45) is 1.57. The summed E-state index contributed by atoms with van der Waals surface area (Å²) in [7, 11) is -3.01. The van der Waals surface area contributed by atoms with Gasteiger partial charge in [-0.2, -0.15) is 0 Å². The van der Waals surface area contributed by atoms with Crippen LogP contribution in [0.3, 0.4) is 0 Å². The zero-order valence-electron chi connectivity index (χ0n) is 8.80. The molecule has 15 heavy (non-hydrogen) atoms. The van der Waals surface area contributed by atoms with Crippen LogP contribution < -0.4 is 5.32 Å². The summed E-state index contributed by atoms with van der Waals surface area (Å²) in [4.78, 5) is 0. The first-order valence-electron chi connectivity index (χ1n) is 5.02. The predicted octanol–water partition coefficient (Wildman–Crippen LogP) is 1.12. The standard InChI is InChI=1S/C10H15NO3S/c1-7-6-15(12,13)8(2)10(11-7)9-4-3-5-14-9/h3-5,7-8,10-11H,6H2,1-2H3. The van der Waals surface area contributed by atoms with Gasteiger partial charge in [0.05, 0.1) is 23.3 Å². The van der Waals surface area contributed by atoms with Crippen LogP contribution in [0.15, 0.2) is 22.8 Å². The minimum absolute atomic E-state index is 0.0266. The van der Waals surface area contributed by atoms with Crippen molar-refractivity contribution in [1.82, 2.24) is 5.32 Å². The molecule has 1 aromatic heterocycles. The average Bonchev–Trinajstić information content (AvgIpc) is 2.63. The van der Waals surface area contributed by atoms with Gasteiger partial charge in [0.25, 0.3) is 0 Å². The summed E-state index contributed by atoms with van der Waals surface area (Å²) in [5.41, 5.74) is 0. The second-order valence-corrected chi connectivity index (χ2v) is 6.50. The minimum atomic E-state index is -3.01. The summed E-state index contributed by atoms with van der Waals surface area (Å²) in [5, 5.41) is 2.82. The zero-order chi connectivity index (χ0) is 11.1. The van der Waals surface area contributed by atoms with Gasteiger partial charge in [-0.05, 0) is 26.0 Å². The third-order valence-corrected chi connectivity index (χ3v) is 5.20. The molecule has 3 atom stereocenters. The van der Waals surface area contributed by atoms with Crippen LogP contribution in [0.2, 0.25) is 0 Å². The Labute approximate surface area is 89.6 Å². The molecule has 4 nitrogen and oxygen atoms in total. The van der Waals surface area contributed by atoms with E-state index in [9.17, 15) is 8.42 Å². The third-order valence-electron chi connectivity index (χ3n) is 2.83. The SMILES string of the molecule is CC1CS(=O)(=O)C(C)C(c2ccco2)N1. The molecule has 1 fully saturated rings. The van der Waals surface area contributed by atoms with Gasteiger partial charge in [0.2, 0.25) is 0 Å². The maximum atomic E-state index is 11.8. The molecule has 1 aromatic rings. The van der Waals surface area contributed by atoms with E-state index in [1.54, 1.807) is 19.3 Å². The molecule has 1 N–H and O–H groups in total. The van der Waals surface area contributed by atoms with Gasteiger partial charge in [-0.1, -0.05) is 0 Å². The van der Waals surface area contributed by atoms with Crippen molar-refractivity contribution < 1.29 is 12.8 Å². The zero-order valence-corrected chi connectivity index (χ0v) is 9.62. The predicted molar refractivity (Wildman–Crippen MR) is 57.3 cm³/mol. The lowest BCUT2D eigenvalue weighted by Gasteiger charge is -2.32. The number of hydrogen-bond donors (Lipinski definition) is 1. The highest BCUT2D eigenvalue weighted by Crippen LogP contribution is 2.27. The van der Waals surface area contributed by atoms with Crippen molar-refractivity contribution in [2.75, 3.05) is 5.75 Å². The van der Waals surface area contributed by atoms with Crippen LogP contribution in [0.5, 0.6) is 0 Å². The molecule has 0 radical (unpaired) electrons. The van der Waals surface area contributed by atoms with Gasteiger partial charge in [-0.25, -0.2) is 8.42 Å². The summed E-state index contributed by atoms with van der Waals surface area (Å²) in [6.45, 7) is 3.60. The smallest absolute Gasteiger partial charge is 0.156 e. The lowest BCUT2D eigenvalue weighted by atomic mass is 10.1. The number of nitrogens with one attached hydrogen (secondary N) is 1. The van der Waals surface area contributed by atoms with Crippen molar-refractivity contribution in [2.24, 2.45) is 0 Å². The Kier molecular flexibility index (Phi) is 2.60. The molecule has 1 aliphatic heterocycles. The van der Waals surface area contributed by atoms with Crippen molar-refractivity contribution in [1.29, 1.82) is 0 Å². The maximum absolute atomic E-state index is 11.8. The fraction of sp³-hybridized carbons (Fsp3) is 0.600. The van der Waals surface area contributed by atoms with Crippen molar-refractivity contribution >= 4 is 9.84 Å². The molecular formula is C10H15NO3S. The van der Waals surface area contributed by atoms with Crippen LogP contribution in [0.1, 0.15) is 25.6 Å². The van der Waals surface area contributed by atoms with Crippen LogP contribution in [-0.4, -0.2) is 25.5 Å². The van der Waals surface area contributed by atoms with Crippen molar-refractivity contribution in [3.05, 3.63) is 24.2 Å². The number of hydrogen-bond acceptors (Lipinski definition) is 4. The molecule has 0 aromatic carbocycles. The fourth-order valence-electron chi connectivity index (χ4n) is 1.98. The Balaban J connectivity index is 2.33. The molecule has 0 spiro atoms. The number of rotatable bonds is 1. The van der Waals surface area contributed by atoms with E-state index in [-0.39, 0.29) is 17.8 Å². The minimum Gasteiger partial charge on any atom is -0.468 e. The fourth-order valence-corrected chi connectivity index (χ4v) is 3.70. The van der Waals surface area contributed by atoms with Gasteiger partial charge >= 0.3 is 0 Å². The van der Waals surface area contributed by atoms with Crippen LogP contribution >= 0.6 is 0 Å². The van der Waals surface area contributed by atoms with Crippen molar-refractivity contribution in [3.8, 4) is 0 Å². The molecule has 1 saturated heterocycles. The molecule has 0 aliphatic carbocycles. The monoisotopic (exact) mass is 229 g/mol. The molecule has 1 aliphatic rings. The Morgan fingerprint density at radius 2 is 2.20 bits per heavy atom. The molecule has 0 saturated carbocycles. The first-order chi connectivity index (χ1) is 7.00. The number of sulfone groups is 1. The highest BCUT2D eigenvalue weighted by atomic mass is 32.2. The Bertz CT molecular complexity index is 424. The van der Waals surface area contributed by atoms with Gasteiger partial charge < -0.3 is 9.73 Å². The van der Waals surface area contributed by atoms with E-state index in [2.05, 4.69) is 5.32 Å². The van der Waals surface area contributed by atoms with E-state index in [0.717, 1.165) is 0 Å². The normalized spacial score (nSPS) is 35.2. The van der Waals surface area contributed by atoms with Crippen LogP contribution in [0.4, 0.5) is 0 Å². The molecule has 5 heteroatoms. The molecule has 3 unspecified atom stereocenters. The van der Waals surface area contributed by atoms with E-state index in [0.29, 0.717) is 5.76 Å². The lowest BCUT2D eigenvalue weighted by molar-refractivity contribution is 0.364. The molecule has 0 bridgehead atoms. The van der Waals surface area contributed by atoms with Gasteiger partial charge in [-0.3, -0.25) is 0 Å². The second-order valence-electron chi connectivity index (χ2n) is 4.10. The quantitative estimate of drug-likeness (QED) is 0.784. The molecule has 0 amide bonds. The average molecular weight is 229 g/mol. The number of furan rings is 1. The summed E-state index contributed by atoms with van der Waals surface area (Å²) < 4.78 is 28.9. The Hall–Kier alpha value is -0.810. The highest BCUT2D eigenvalue weighted by Gasteiger charge is 2.38. The van der Waals surface area contributed by atoms with Crippen LogP contribution in [-0.2, 0) is 9.84 Å². The molecule has 2 rings (SSSR count). The van der Waals surface area contributed by atoms with Crippen LogP contribution in [0.25, 0.3) is 0 Å². The van der Waals surface area contributed by atoms with Crippen LogP contribution in [0, 0.1) is 0 Å². The Morgan fingerprint density at radius 3 is 2.80 bits per heavy atom. The Morgan fingerprint density at radius 1 is 1.47 bits per heavy atom. The van der Waals surface area contributed by atoms with Gasteiger partial charge in [0.1, 0.15) is 5.76 Å². The van der Waals surface area contributed by atoms with E-state index >= 15 is 0 Å². The first-order valence-corrected chi connectivity index (χ1v) is 6.73. The first kappa shape index (κ1) is 10.7. The van der Waals surface area contributed by atoms with E-state index in [4.69, 9.17) is 4.42 Å². The maximum Gasteiger partial charge on any atom is 0.156 e. The van der Waals surface area contributed by atoms with E-state index in [1.165, 1.54) is 0 Å². The molecule has 2 heterocycles. The highest BCUT2D eigenvalue weighted by molar-refractivity contribution is 7.92. The second kappa shape index (κ2) is 3.64. The summed E-state index contributed by atoms with van der Waals surface area (Å²) >= 11 is 0. The van der Waals surface area contributed by atoms with Crippen molar-refractivity contribution in [2.45, 2.75) is 31.2 Å². The van der Waals surface area contributed by atoms with Gasteiger partial charge in [0.15, 0.2) is 9.84 Å². The largest absolute Gasteiger partial charge is 0.468 e. The lowest BCUT2D eigenvalue weighted by Crippen LogP contribution is -2.50. The van der Waals surface area contributed by atoms with E-state index in [1.807, 2.05) is 13.0 Å². The summed E-state index contributed by atoms with van der Waals surface area (Å²) in [6, 6.07) is 3.33. The third kappa shape index (κ3) is 1.94. The topological polar surface area (TPSA) is 59.3 Å². The van der Waals surface area contributed by atoms with Gasteiger partial charge in [-0.15, -0.1) is 0 Å².